The third kappa shape index (κ3) is 4.37. The van der Waals surface area contributed by atoms with E-state index in [2.05, 4.69) is 14.7 Å². The number of rotatable bonds is 7. The molecule has 0 bridgehead atoms. The minimum atomic E-state index is -0.198. The number of amides is 1. The largest absolute Gasteiger partial charge is 0.481 e. The lowest BCUT2D eigenvalue weighted by Gasteiger charge is -2.15. The lowest BCUT2D eigenvalue weighted by Crippen LogP contribution is -2.15. The standard InChI is InChI=1S/C22H20ClN3O3S/c1-28-22-16(4-3-9-24-22)17-10-14(21(27)26-30-2)7-8-19(17)29-15-11-18(23)20(25-12-15)13-5-6-13/h3-4,7-13H,5-6H2,1-2H3,(H,26,27). The molecule has 0 unspecified atom stereocenters. The van der Waals surface area contributed by atoms with E-state index in [4.69, 9.17) is 21.1 Å². The van der Waals surface area contributed by atoms with Crippen molar-refractivity contribution in [3.05, 3.63) is 65.1 Å². The number of aromatic nitrogens is 2. The number of nitrogens with one attached hydrogen (secondary N) is 1. The maximum atomic E-state index is 12.4. The predicted octanol–water partition coefficient (Wildman–Crippen LogP) is 5.48. The Bertz CT molecular complexity index is 1090. The van der Waals surface area contributed by atoms with E-state index in [1.54, 1.807) is 56.1 Å². The van der Waals surface area contributed by atoms with Crippen LogP contribution in [0.1, 0.15) is 34.8 Å². The summed E-state index contributed by atoms with van der Waals surface area (Å²) < 4.78 is 14.3. The Morgan fingerprint density at radius 3 is 2.73 bits per heavy atom. The molecule has 3 aromatic rings. The molecule has 1 aliphatic carbocycles. The van der Waals surface area contributed by atoms with Gasteiger partial charge in [0.1, 0.15) is 11.5 Å². The summed E-state index contributed by atoms with van der Waals surface area (Å²) >= 11 is 7.65. The van der Waals surface area contributed by atoms with E-state index < -0.39 is 0 Å². The number of methoxy groups -OCH3 is 1. The molecule has 1 fully saturated rings. The fourth-order valence-corrected chi connectivity index (χ4v) is 3.77. The number of ether oxygens (including phenoxy) is 2. The van der Waals surface area contributed by atoms with Crippen LogP contribution in [-0.2, 0) is 0 Å². The highest BCUT2D eigenvalue weighted by molar-refractivity contribution is 7.97. The molecule has 0 atom stereocenters. The molecule has 30 heavy (non-hydrogen) atoms. The number of carbonyl (C=O) groups excluding carboxylic acids is 1. The molecule has 6 nitrogen and oxygen atoms in total. The van der Waals surface area contributed by atoms with Crippen molar-refractivity contribution in [2.24, 2.45) is 0 Å². The highest BCUT2D eigenvalue weighted by atomic mass is 35.5. The molecule has 0 aliphatic heterocycles. The van der Waals surface area contributed by atoms with Crippen molar-refractivity contribution in [3.63, 3.8) is 0 Å². The SMILES string of the molecule is COc1ncccc1-c1cc(C(=O)NSC)ccc1Oc1cnc(C2CC2)c(Cl)c1. The number of hydrogen-bond donors (Lipinski definition) is 1. The number of halogens is 1. The highest BCUT2D eigenvalue weighted by Crippen LogP contribution is 2.43. The maximum absolute atomic E-state index is 12.4. The summed E-state index contributed by atoms with van der Waals surface area (Å²) in [5.41, 5.74) is 2.80. The van der Waals surface area contributed by atoms with E-state index in [9.17, 15) is 4.79 Å². The van der Waals surface area contributed by atoms with Crippen molar-refractivity contribution in [1.29, 1.82) is 0 Å². The first kappa shape index (κ1) is 20.5. The highest BCUT2D eigenvalue weighted by Gasteiger charge is 2.27. The molecule has 1 N–H and O–H groups in total. The van der Waals surface area contributed by atoms with E-state index in [1.165, 1.54) is 11.9 Å². The minimum Gasteiger partial charge on any atom is -0.481 e. The molecule has 0 radical (unpaired) electrons. The van der Waals surface area contributed by atoms with Crippen LogP contribution in [-0.4, -0.2) is 29.2 Å². The van der Waals surface area contributed by atoms with E-state index >= 15 is 0 Å². The van der Waals surface area contributed by atoms with Gasteiger partial charge in [0, 0.05) is 41.1 Å². The van der Waals surface area contributed by atoms with Crippen LogP contribution >= 0.6 is 23.5 Å². The van der Waals surface area contributed by atoms with Gasteiger partial charge in [0.05, 0.1) is 24.0 Å². The zero-order valence-corrected chi connectivity index (χ0v) is 18.1. The van der Waals surface area contributed by atoms with Crippen molar-refractivity contribution < 1.29 is 14.3 Å². The number of pyridine rings is 2. The van der Waals surface area contributed by atoms with Crippen LogP contribution in [0.2, 0.25) is 5.02 Å². The van der Waals surface area contributed by atoms with E-state index in [1.807, 2.05) is 6.07 Å². The van der Waals surface area contributed by atoms with Gasteiger partial charge in [-0.3, -0.25) is 14.5 Å². The zero-order valence-electron chi connectivity index (χ0n) is 16.5. The molecular weight excluding hydrogens is 422 g/mol. The van der Waals surface area contributed by atoms with Gasteiger partial charge in [-0.1, -0.05) is 23.5 Å². The Morgan fingerprint density at radius 2 is 2.03 bits per heavy atom. The van der Waals surface area contributed by atoms with Gasteiger partial charge in [0.15, 0.2) is 0 Å². The maximum Gasteiger partial charge on any atom is 0.261 e. The summed E-state index contributed by atoms with van der Waals surface area (Å²) in [6.45, 7) is 0. The van der Waals surface area contributed by atoms with Crippen LogP contribution in [0.3, 0.4) is 0 Å². The summed E-state index contributed by atoms with van der Waals surface area (Å²) in [5.74, 6) is 1.76. The van der Waals surface area contributed by atoms with Gasteiger partial charge in [0.25, 0.3) is 5.91 Å². The summed E-state index contributed by atoms with van der Waals surface area (Å²) in [5, 5.41) is 0.603. The van der Waals surface area contributed by atoms with Crippen molar-refractivity contribution >= 4 is 29.5 Å². The number of hydrogen-bond acceptors (Lipinski definition) is 6. The van der Waals surface area contributed by atoms with E-state index in [0.717, 1.165) is 18.5 Å². The molecule has 2 aromatic heterocycles. The average molecular weight is 442 g/mol. The summed E-state index contributed by atoms with van der Waals surface area (Å²) in [6, 6.07) is 10.7. The molecule has 0 saturated heterocycles. The molecule has 4 rings (SSSR count). The number of nitrogens with zero attached hydrogens (tertiary/aromatic N) is 2. The number of carbonyl (C=O) groups is 1. The average Bonchev–Trinajstić information content (AvgIpc) is 3.59. The van der Waals surface area contributed by atoms with Crippen molar-refractivity contribution in [2.45, 2.75) is 18.8 Å². The monoisotopic (exact) mass is 441 g/mol. The van der Waals surface area contributed by atoms with Crippen molar-refractivity contribution in [1.82, 2.24) is 14.7 Å². The normalized spacial score (nSPS) is 13.0. The van der Waals surface area contributed by atoms with Gasteiger partial charge in [-0.15, -0.1) is 0 Å². The predicted molar refractivity (Wildman–Crippen MR) is 119 cm³/mol. The Hall–Kier alpha value is -2.77. The van der Waals surface area contributed by atoms with Crippen LogP contribution in [0.5, 0.6) is 17.4 Å². The molecule has 1 aromatic carbocycles. The third-order valence-corrected chi connectivity index (χ3v) is 5.42. The Morgan fingerprint density at radius 1 is 1.20 bits per heavy atom. The van der Waals surface area contributed by atoms with Crippen molar-refractivity contribution in [3.8, 4) is 28.5 Å². The minimum absolute atomic E-state index is 0.198. The van der Waals surface area contributed by atoms with Gasteiger partial charge in [-0.25, -0.2) is 4.98 Å². The first-order valence-electron chi connectivity index (χ1n) is 9.40. The van der Waals surface area contributed by atoms with Gasteiger partial charge in [-0.2, -0.15) is 0 Å². The zero-order chi connectivity index (χ0) is 21.1. The van der Waals surface area contributed by atoms with Gasteiger partial charge >= 0.3 is 0 Å². The molecule has 1 aliphatic rings. The van der Waals surface area contributed by atoms with Crippen LogP contribution in [0.15, 0.2) is 48.8 Å². The van der Waals surface area contributed by atoms with Crippen LogP contribution in [0.4, 0.5) is 0 Å². The Labute approximate surface area is 184 Å². The second-order valence-electron chi connectivity index (χ2n) is 6.82. The third-order valence-electron chi connectivity index (χ3n) is 4.73. The molecule has 1 saturated carbocycles. The summed E-state index contributed by atoms with van der Waals surface area (Å²) in [7, 11) is 1.55. The molecular formula is C22H20ClN3O3S. The Kier molecular flexibility index (Phi) is 6.11. The lowest BCUT2D eigenvalue weighted by atomic mass is 10.0. The molecule has 0 spiro atoms. The quantitative estimate of drug-likeness (QED) is 0.489. The van der Waals surface area contributed by atoms with Gasteiger partial charge < -0.3 is 9.47 Å². The van der Waals surface area contributed by atoms with Gasteiger partial charge in [-0.05, 0) is 43.2 Å². The second-order valence-corrected chi connectivity index (χ2v) is 7.84. The van der Waals surface area contributed by atoms with Crippen LogP contribution < -0.4 is 14.2 Å². The smallest absolute Gasteiger partial charge is 0.261 e. The van der Waals surface area contributed by atoms with Crippen molar-refractivity contribution in [2.75, 3.05) is 13.4 Å². The first-order chi connectivity index (χ1) is 14.6. The van der Waals surface area contributed by atoms with Gasteiger partial charge in [0.2, 0.25) is 5.88 Å². The Balaban J connectivity index is 1.74. The molecule has 154 valence electrons. The molecule has 2 heterocycles. The van der Waals surface area contributed by atoms with Crippen LogP contribution in [0, 0.1) is 0 Å². The van der Waals surface area contributed by atoms with Crippen LogP contribution in [0.25, 0.3) is 11.1 Å². The lowest BCUT2D eigenvalue weighted by molar-refractivity contribution is 0.0984. The first-order valence-corrected chi connectivity index (χ1v) is 11.0. The summed E-state index contributed by atoms with van der Waals surface area (Å²) in [6.07, 6.45) is 7.36. The second kappa shape index (κ2) is 8.93. The molecule has 1 amide bonds. The van der Waals surface area contributed by atoms with E-state index in [-0.39, 0.29) is 5.91 Å². The summed E-state index contributed by atoms with van der Waals surface area (Å²) in [4.78, 5) is 21.1. The topological polar surface area (TPSA) is 73.3 Å². The fourth-order valence-electron chi connectivity index (χ4n) is 3.15. The molecule has 8 heteroatoms. The van der Waals surface area contributed by atoms with E-state index in [0.29, 0.717) is 45.0 Å². The fraction of sp³-hybridized carbons (Fsp3) is 0.227. The number of benzene rings is 1.